The van der Waals surface area contributed by atoms with E-state index >= 15 is 0 Å². The summed E-state index contributed by atoms with van der Waals surface area (Å²) in [7, 11) is 0. The Hall–Kier alpha value is -2.32. The molecular formula is C9H6F3N3O3. The summed E-state index contributed by atoms with van der Waals surface area (Å²) >= 11 is 0. The largest absolute Gasteiger partial charge is 0.481 e. The quantitative estimate of drug-likeness (QED) is 0.831. The van der Waals surface area contributed by atoms with E-state index in [0.717, 1.165) is 6.20 Å². The molecule has 0 amide bonds. The highest BCUT2D eigenvalue weighted by atomic mass is 19.4. The average Bonchev–Trinajstić information content (AvgIpc) is 2.66. The fraction of sp³-hybridized carbons (Fsp3) is 0.222. The lowest BCUT2D eigenvalue weighted by Crippen LogP contribution is -2.22. The molecule has 2 N–H and O–H groups in total. The molecule has 0 bridgehead atoms. The number of nitrogens with zero attached hydrogens (tertiary/aromatic N) is 2. The minimum atomic E-state index is -4.67. The predicted octanol–water partition coefficient (Wildman–Crippen LogP) is 0.668. The Morgan fingerprint density at radius 1 is 1.50 bits per heavy atom. The van der Waals surface area contributed by atoms with Gasteiger partial charge >= 0.3 is 12.1 Å². The number of rotatable bonds is 2. The van der Waals surface area contributed by atoms with E-state index in [1.54, 1.807) is 0 Å². The molecule has 0 saturated heterocycles. The zero-order valence-electron chi connectivity index (χ0n) is 8.65. The number of aliphatic carboxylic acids is 1. The van der Waals surface area contributed by atoms with Gasteiger partial charge in [0.25, 0.3) is 5.56 Å². The van der Waals surface area contributed by atoms with Gasteiger partial charge in [0.2, 0.25) is 0 Å². The highest BCUT2D eigenvalue weighted by molar-refractivity contribution is 5.70. The smallest absolute Gasteiger partial charge is 0.435 e. The summed E-state index contributed by atoms with van der Waals surface area (Å²) in [5.41, 5.74) is -2.43. The third-order valence-corrected chi connectivity index (χ3v) is 2.20. The number of fused-ring (bicyclic) bond motifs is 1. The molecule has 9 heteroatoms. The van der Waals surface area contributed by atoms with Crippen LogP contribution in [0.5, 0.6) is 0 Å². The van der Waals surface area contributed by atoms with Gasteiger partial charge in [-0.25, -0.2) is 0 Å². The van der Waals surface area contributed by atoms with Crippen LogP contribution in [0.2, 0.25) is 0 Å². The van der Waals surface area contributed by atoms with E-state index < -0.39 is 29.8 Å². The van der Waals surface area contributed by atoms with Crippen LogP contribution in [0.3, 0.4) is 0 Å². The summed E-state index contributed by atoms with van der Waals surface area (Å²) in [6.45, 7) is 0. The fourth-order valence-electron chi connectivity index (χ4n) is 1.43. The van der Waals surface area contributed by atoms with Crippen molar-refractivity contribution in [3.05, 3.63) is 33.9 Å². The Bertz CT molecular complexity index is 671. The van der Waals surface area contributed by atoms with E-state index in [4.69, 9.17) is 5.11 Å². The van der Waals surface area contributed by atoms with Crippen LogP contribution < -0.4 is 5.56 Å². The minimum Gasteiger partial charge on any atom is -0.481 e. The molecule has 0 aliphatic rings. The maximum atomic E-state index is 12.4. The van der Waals surface area contributed by atoms with Gasteiger partial charge in [-0.1, -0.05) is 0 Å². The van der Waals surface area contributed by atoms with Crippen molar-refractivity contribution < 1.29 is 23.1 Å². The molecule has 0 aliphatic carbocycles. The van der Waals surface area contributed by atoms with E-state index in [1.165, 1.54) is 0 Å². The second-order valence-electron chi connectivity index (χ2n) is 3.51. The third kappa shape index (κ3) is 2.06. The molecule has 0 unspecified atom stereocenters. The zero-order chi connectivity index (χ0) is 13.5. The van der Waals surface area contributed by atoms with E-state index in [0.29, 0.717) is 10.6 Å². The number of carbonyl (C=O) groups is 1. The molecule has 0 saturated carbocycles. The topological polar surface area (TPSA) is 87.5 Å². The van der Waals surface area contributed by atoms with Crippen molar-refractivity contribution in [3.8, 4) is 0 Å². The van der Waals surface area contributed by atoms with Gasteiger partial charge in [0, 0.05) is 17.8 Å². The molecule has 6 nitrogen and oxygen atoms in total. The summed E-state index contributed by atoms with van der Waals surface area (Å²) in [4.78, 5) is 24.5. The van der Waals surface area contributed by atoms with Gasteiger partial charge in [-0.15, -0.1) is 0 Å². The summed E-state index contributed by atoms with van der Waals surface area (Å²) in [5.74, 6) is -1.26. The van der Waals surface area contributed by atoms with Crippen molar-refractivity contribution in [1.29, 1.82) is 0 Å². The molecule has 2 rings (SSSR count). The number of nitrogens with one attached hydrogen (secondary N) is 1. The van der Waals surface area contributed by atoms with Crippen LogP contribution in [0.25, 0.3) is 5.65 Å². The van der Waals surface area contributed by atoms with Crippen LogP contribution in [0.15, 0.2) is 17.1 Å². The SMILES string of the molecule is O=C(O)Cc1c[nH]c2cc(C(F)(F)F)nn2c1=O. The molecule has 0 aliphatic heterocycles. The van der Waals surface area contributed by atoms with Crippen LogP contribution in [-0.2, 0) is 17.4 Å². The molecule has 0 aromatic carbocycles. The van der Waals surface area contributed by atoms with Crippen LogP contribution in [0, 0.1) is 0 Å². The fourth-order valence-corrected chi connectivity index (χ4v) is 1.43. The molecular weight excluding hydrogens is 255 g/mol. The van der Waals surface area contributed by atoms with Gasteiger partial charge < -0.3 is 10.1 Å². The van der Waals surface area contributed by atoms with Crippen molar-refractivity contribution in [1.82, 2.24) is 14.6 Å². The number of alkyl halides is 3. The number of hydrogen-bond donors (Lipinski definition) is 2. The minimum absolute atomic E-state index is 0.151. The number of aromatic nitrogens is 3. The lowest BCUT2D eigenvalue weighted by atomic mass is 10.2. The number of halogens is 3. The third-order valence-electron chi connectivity index (χ3n) is 2.20. The maximum Gasteiger partial charge on any atom is 0.435 e. The Balaban J connectivity index is 2.61. The second kappa shape index (κ2) is 3.86. The van der Waals surface area contributed by atoms with Crippen LogP contribution in [-0.4, -0.2) is 25.7 Å². The zero-order valence-corrected chi connectivity index (χ0v) is 8.65. The van der Waals surface area contributed by atoms with Gasteiger partial charge in [0.15, 0.2) is 5.69 Å². The number of carboxylic acid groups (broad SMARTS) is 1. The Morgan fingerprint density at radius 2 is 2.17 bits per heavy atom. The number of hydrogen-bond acceptors (Lipinski definition) is 3. The van der Waals surface area contributed by atoms with Crippen LogP contribution in [0.1, 0.15) is 11.3 Å². The number of aromatic amines is 1. The Kier molecular flexibility index (Phi) is 2.60. The molecule has 0 atom stereocenters. The molecule has 0 fully saturated rings. The van der Waals surface area contributed by atoms with E-state index in [-0.39, 0.29) is 11.2 Å². The standard InChI is InChI=1S/C9H6F3N3O3/c10-9(11,12)5-2-6-13-3-4(1-7(16)17)8(18)15(6)14-5/h2-3,13H,1H2,(H,16,17). The summed E-state index contributed by atoms with van der Waals surface area (Å²) in [6.07, 6.45) is -4.20. The first-order chi connectivity index (χ1) is 8.29. The second-order valence-corrected chi connectivity index (χ2v) is 3.51. The van der Waals surface area contributed by atoms with Gasteiger partial charge in [0.1, 0.15) is 5.65 Å². The number of carboxylic acids is 1. The van der Waals surface area contributed by atoms with Gasteiger partial charge in [-0.05, 0) is 0 Å². The molecule has 18 heavy (non-hydrogen) atoms. The Morgan fingerprint density at radius 3 is 2.72 bits per heavy atom. The lowest BCUT2D eigenvalue weighted by molar-refractivity contribution is -0.141. The predicted molar refractivity (Wildman–Crippen MR) is 52.2 cm³/mol. The highest BCUT2D eigenvalue weighted by Gasteiger charge is 2.34. The van der Waals surface area contributed by atoms with Crippen molar-refractivity contribution in [2.45, 2.75) is 12.6 Å². The highest BCUT2D eigenvalue weighted by Crippen LogP contribution is 2.27. The molecule has 2 aromatic heterocycles. The van der Waals surface area contributed by atoms with Crippen molar-refractivity contribution in [3.63, 3.8) is 0 Å². The van der Waals surface area contributed by atoms with Crippen LogP contribution in [0.4, 0.5) is 13.2 Å². The monoisotopic (exact) mass is 261 g/mol. The molecule has 0 radical (unpaired) electrons. The molecule has 0 spiro atoms. The van der Waals surface area contributed by atoms with E-state index in [2.05, 4.69) is 10.1 Å². The molecule has 2 heterocycles. The summed E-state index contributed by atoms with van der Waals surface area (Å²) in [5, 5.41) is 11.6. The van der Waals surface area contributed by atoms with E-state index in [9.17, 15) is 22.8 Å². The first-order valence-electron chi connectivity index (χ1n) is 4.68. The van der Waals surface area contributed by atoms with E-state index in [1.807, 2.05) is 0 Å². The first-order valence-corrected chi connectivity index (χ1v) is 4.68. The summed E-state index contributed by atoms with van der Waals surface area (Å²) in [6, 6.07) is 0.673. The van der Waals surface area contributed by atoms with Crippen LogP contribution >= 0.6 is 0 Å². The van der Waals surface area contributed by atoms with Crippen molar-refractivity contribution in [2.75, 3.05) is 0 Å². The lowest BCUT2D eigenvalue weighted by Gasteiger charge is -1.99. The normalized spacial score (nSPS) is 11.9. The first kappa shape index (κ1) is 12.1. The summed E-state index contributed by atoms with van der Waals surface area (Å²) < 4.78 is 37.6. The average molecular weight is 261 g/mol. The molecule has 96 valence electrons. The van der Waals surface area contributed by atoms with Gasteiger partial charge in [-0.3, -0.25) is 9.59 Å². The van der Waals surface area contributed by atoms with Gasteiger partial charge in [0.05, 0.1) is 6.42 Å². The van der Waals surface area contributed by atoms with Crippen molar-refractivity contribution >= 4 is 11.6 Å². The Labute approximate surface area is 96.7 Å². The number of H-pyrrole nitrogens is 1. The molecule has 2 aromatic rings. The van der Waals surface area contributed by atoms with Gasteiger partial charge in [-0.2, -0.15) is 22.8 Å². The maximum absolute atomic E-state index is 12.4. The van der Waals surface area contributed by atoms with Crippen molar-refractivity contribution in [2.24, 2.45) is 0 Å².